The second-order valence-electron chi connectivity index (χ2n) is 2.23. The highest BCUT2D eigenvalue weighted by Crippen LogP contribution is 2.28. The standard InChI is InChI=1S/C7H8BrClN2/c1-4-2-5(8)7(11-10)3-6(4)9/h2-3,11H,10H2,1H3. The molecule has 1 rings (SSSR count). The van der Waals surface area contributed by atoms with Gasteiger partial charge in [0.05, 0.1) is 5.69 Å². The number of hydrogen-bond acceptors (Lipinski definition) is 2. The maximum atomic E-state index is 5.85. The lowest BCUT2D eigenvalue weighted by molar-refractivity contribution is 1.32. The molecule has 0 saturated carbocycles. The Bertz CT molecular complexity index is 275. The first-order chi connectivity index (χ1) is 5.15. The molecule has 4 heteroatoms. The fourth-order valence-corrected chi connectivity index (χ4v) is 1.49. The van der Waals surface area contributed by atoms with Crippen LogP contribution in [-0.2, 0) is 0 Å². The van der Waals surface area contributed by atoms with Crippen molar-refractivity contribution < 1.29 is 0 Å². The van der Waals surface area contributed by atoms with Gasteiger partial charge in [-0.25, -0.2) is 0 Å². The van der Waals surface area contributed by atoms with E-state index in [2.05, 4.69) is 21.4 Å². The van der Waals surface area contributed by atoms with Crippen LogP contribution in [0.5, 0.6) is 0 Å². The Hall–Kier alpha value is -0.250. The van der Waals surface area contributed by atoms with Crippen LogP contribution in [0.25, 0.3) is 0 Å². The number of halogens is 2. The summed E-state index contributed by atoms with van der Waals surface area (Å²) in [6.07, 6.45) is 0. The van der Waals surface area contributed by atoms with Crippen LogP contribution >= 0.6 is 27.5 Å². The molecular formula is C7H8BrClN2. The van der Waals surface area contributed by atoms with Crippen LogP contribution in [0.2, 0.25) is 5.02 Å². The SMILES string of the molecule is Cc1cc(Br)c(NN)cc1Cl. The van der Waals surface area contributed by atoms with E-state index in [1.165, 1.54) is 0 Å². The molecule has 0 aromatic heterocycles. The van der Waals surface area contributed by atoms with Crippen LogP contribution in [0.3, 0.4) is 0 Å². The topological polar surface area (TPSA) is 38.0 Å². The first kappa shape index (κ1) is 8.84. The molecule has 0 fully saturated rings. The number of nitrogens with two attached hydrogens (primary N) is 1. The second kappa shape index (κ2) is 3.43. The van der Waals surface area contributed by atoms with E-state index in [-0.39, 0.29) is 0 Å². The van der Waals surface area contributed by atoms with Gasteiger partial charge in [0.1, 0.15) is 0 Å². The summed E-state index contributed by atoms with van der Waals surface area (Å²) in [5.41, 5.74) is 4.35. The Morgan fingerprint density at radius 2 is 2.18 bits per heavy atom. The van der Waals surface area contributed by atoms with E-state index >= 15 is 0 Å². The third kappa shape index (κ3) is 1.86. The summed E-state index contributed by atoms with van der Waals surface area (Å²) >= 11 is 9.19. The lowest BCUT2D eigenvalue weighted by Gasteiger charge is -2.05. The molecule has 0 bridgehead atoms. The summed E-state index contributed by atoms with van der Waals surface area (Å²) in [6, 6.07) is 3.69. The number of aryl methyl sites for hydroxylation is 1. The minimum absolute atomic E-state index is 0.709. The minimum Gasteiger partial charge on any atom is -0.323 e. The number of anilines is 1. The van der Waals surface area contributed by atoms with Crippen LogP contribution in [0.4, 0.5) is 5.69 Å². The zero-order chi connectivity index (χ0) is 8.43. The van der Waals surface area contributed by atoms with Crippen LogP contribution in [0.15, 0.2) is 16.6 Å². The van der Waals surface area contributed by atoms with Gasteiger partial charge in [0.15, 0.2) is 0 Å². The van der Waals surface area contributed by atoms with Gasteiger partial charge < -0.3 is 5.43 Å². The summed E-state index contributed by atoms with van der Waals surface area (Å²) in [6.45, 7) is 1.94. The van der Waals surface area contributed by atoms with Gasteiger partial charge in [0, 0.05) is 9.50 Å². The first-order valence-corrected chi connectivity index (χ1v) is 4.24. The molecule has 0 unspecified atom stereocenters. The molecule has 2 nitrogen and oxygen atoms in total. The number of nitrogens with one attached hydrogen (secondary N) is 1. The Morgan fingerprint density at radius 1 is 1.55 bits per heavy atom. The largest absolute Gasteiger partial charge is 0.323 e. The highest BCUT2D eigenvalue weighted by molar-refractivity contribution is 9.10. The van der Waals surface area contributed by atoms with E-state index in [0.29, 0.717) is 5.02 Å². The van der Waals surface area contributed by atoms with E-state index in [1.807, 2.05) is 13.0 Å². The van der Waals surface area contributed by atoms with Crippen molar-refractivity contribution in [3.63, 3.8) is 0 Å². The maximum Gasteiger partial charge on any atom is 0.0642 e. The van der Waals surface area contributed by atoms with E-state index < -0.39 is 0 Å². The normalized spacial score (nSPS) is 9.82. The van der Waals surface area contributed by atoms with E-state index in [1.54, 1.807) is 6.07 Å². The minimum atomic E-state index is 0.709. The Morgan fingerprint density at radius 3 is 2.73 bits per heavy atom. The van der Waals surface area contributed by atoms with Crippen molar-refractivity contribution in [3.8, 4) is 0 Å². The molecule has 1 aromatic carbocycles. The molecule has 0 saturated heterocycles. The maximum absolute atomic E-state index is 5.85. The first-order valence-electron chi connectivity index (χ1n) is 3.07. The molecule has 0 aliphatic rings. The quantitative estimate of drug-likeness (QED) is 0.580. The lowest BCUT2D eigenvalue weighted by atomic mass is 10.2. The van der Waals surface area contributed by atoms with Gasteiger partial charge in [-0.05, 0) is 40.5 Å². The van der Waals surface area contributed by atoms with Gasteiger partial charge in [-0.3, -0.25) is 5.84 Å². The van der Waals surface area contributed by atoms with Crippen LogP contribution in [0, 0.1) is 6.92 Å². The average Bonchev–Trinajstić information content (AvgIpc) is 1.97. The van der Waals surface area contributed by atoms with Gasteiger partial charge >= 0.3 is 0 Å². The monoisotopic (exact) mass is 234 g/mol. The van der Waals surface area contributed by atoms with E-state index in [4.69, 9.17) is 17.4 Å². The molecule has 0 heterocycles. The molecule has 3 N–H and O–H groups in total. The van der Waals surface area contributed by atoms with Crippen molar-refractivity contribution in [2.75, 3.05) is 5.43 Å². The van der Waals surface area contributed by atoms with E-state index in [9.17, 15) is 0 Å². The Balaban J connectivity index is 3.21. The predicted molar refractivity (Wildman–Crippen MR) is 51.7 cm³/mol. The molecule has 0 spiro atoms. The molecule has 1 aromatic rings. The Kier molecular flexibility index (Phi) is 2.76. The summed E-state index contributed by atoms with van der Waals surface area (Å²) in [7, 11) is 0. The smallest absolute Gasteiger partial charge is 0.0642 e. The zero-order valence-corrected chi connectivity index (χ0v) is 8.33. The third-order valence-electron chi connectivity index (χ3n) is 1.40. The summed E-state index contributed by atoms with van der Waals surface area (Å²) in [4.78, 5) is 0. The molecule has 60 valence electrons. The van der Waals surface area contributed by atoms with Crippen molar-refractivity contribution in [2.45, 2.75) is 6.92 Å². The summed E-state index contributed by atoms with van der Waals surface area (Å²) in [5, 5.41) is 0.709. The summed E-state index contributed by atoms with van der Waals surface area (Å²) in [5.74, 6) is 5.23. The highest BCUT2D eigenvalue weighted by Gasteiger charge is 2.01. The number of rotatable bonds is 1. The van der Waals surface area contributed by atoms with Crippen molar-refractivity contribution in [2.24, 2.45) is 5.84 Å². The van der Waals surface area contributed by atoms with Crippen molar-refractivity contribution in [1.29, 1.82) is 0 Å². The van der Waals surface area contributed by atoms with E-state index in [0.717, 1.165) is 15.7 Å². The molecule has 0 amide bonds. The number of nitrogen functional groups attached to an aromatic ring is 1. The lowest BCUT2D eigenvalue weighted by Crippen LogP contribution is -2.07. The second-order valence-corrected chi connectivity index (χ2v) is 3.49. The number of benzene rings is 1. The number of hydrazine groups is 1. The van der Waals surface area contributed by atoms with Crippen molar-refractivity contribution in [3.05, 3.63) is 27.2 Å². The summed E-state index contributed by atoms with van der Waals surface area (Å²) < 4.78 is 0.918. The van der Waals surface area contributed by atoms with Gasteiger partial charge in [-0.15, -0.1) is 0 Å². The van der Waals surface area contributed by atoms with Crippen LogP contribution in [-0.4, -0.2) is 0 Å². The Labute approximate surface area is 78.8 Å². The van der Waals surface area contributed by atoms with Gasteiger partial charge in [0.25, 0.3) is 0 Å². The molecule has 0 radical (unpaired) electrons. The predicted octanol–water partition coefficient (Wildman–Crippen LogP) is 2.70. The average molecular weight is 236 g/mol. The van der Waals surface area contributed by atoms with Gasteiger partial charge in [0.2, 0.25) is 0 Å². The molecule has 0 aliphatic heterocycles. The van der Waals surface area contributed by atoms with Crippen LogP contribution < -0.4 is 11.3 Å². The number of hydrogen-bond donors (Lipinski definition) is 2. The van der Waals surface area contributed by atoms with Gasteiger partial charge in [-0.2, -0.15) is 0 Å². The fraction of sp³-hybridized carbons (Fsp3) is 0.143. The molecule has 0 atom stereocenters. The van der Waals surface area contributed by atoms with Crippen molar-refractivity contribution in [1.82, 2.24) is 0 Å². The molecule has 0 aliphatic carbocycles. The molecule has 11 heavy (non-hydrogen) atoms. The fourth-order valence-electron chi connectivity index (χ4n) is 0.757. The van der Waals surface area contributed by atoms with Gasteiger partial charge in [-0.1, -0.05) is 11.6 Å². The molecular weight excluding hydrogens is 227 g/mol. The van der Waals surface area contributed by atoms with Crippen LogP contribution in [0.1, 0.15) is 5.56 Å². The highest BCUT2D eigenvalue weighted by atomic mass is 79.9. The zero-order valence-electron chi connectivity index (χ0n) is 5.99. The van der Waals surface area contributed by atoms with Crippen molar-refractivity contribution >= 4 is 33.2 Å². The third-order valence-corrected chi connectivity index (χ3v) is 2.47.